The van der Waals surface area contributed by atoms with Gasteiger partial charge in [0.1, 0.15) is 16.9 Å². The lowest BCUT2D eigenvalue weighted by molar-refractivity contribution is -0.117. The zero-order chi connectivity index (χ0) is 21.0. The van der Waals surface area contributed by atoms with E-state index >= 15 is 0 Å². The van der Waals surface area contributed by atoms with Crippen LogP contribution in [0.2, 0.25) is 0 Å². The van der Waals surface area contributed by atoms with E-state index in [1.807, 2.05) is 30.3 Å². The summed E-state index contributed by atoms with van der Waals surface area (Å²) in [6.07, 6.45) is 1.07. The molecule has 10 heteroatoms. The van der Waals surface area contributed by atoms with Crippen LogP contribution in [0.15, 0.2) is 54.6 Å². The predicted octanol–water partition coefficient (Wildman–Crippen LogP) is 3.53. The largest absolute Gasteiger partial charge is 0.299 e. The van der Waals surface area contributed by atoms with Crippen molar-refractivity contribution in [2.45, 2.75) is 19.4 Å². The zero-order valence-electron chi connectivity index (χ0n) is 15.7. The minimum absolute atomic E-state index is 0.136. The van der Waals surface area contributed by atoms with Crippen molar-refractivity contribution in [3.8, 4) is 10.6 Å². The summed E-state index contributed by atoms with van der Waals surface area (Å²) in [7, 11) is -3.93. The molecule has 2 aromatic carbocycles. The van der Waals surface area contributed by atoms with E-state index in [9.17, 15) is 17.6 Å². The van der Waals surface area contributed by atoms with Crippen LogP contribution in [-0.2, 0) is 14.8 Å². The number of halogens is 1. The third-order valence-electron chi connectivity index (χ3n) is 4.10. The number of aromatic nitrogens is 2. The number of para-hydroxylation sites is 1. The number of hydrogen-bond acceptors (Lipinski definition) is 6. The lowest BCUT2D eigenvalue weighted by Gasteiger charge is -2.29. The van der Waals surface area contributed by atoms with Gasteiger partial charge in [-0.3, -0.25) is 14.4 Å². The monoisotopic (exact) mass is 434 g/mol. The average Bonchev–Trinajstić information content (AvgIpc) is 3.15. The first-order valence-corrected chi connectivity index (χ1v) is 11.4. The Morgan fingerprint density at radius 3 is 2.41 bits per heavy atom. The Labute approximate surface area is 172 Å². The molecule has 0 unspecified atom stereocenters. The number of rotatable bonds is 7. The van der Waals surface area contributed by atoms with Gasteiger partial charge < -0.3 is 0 Å². The molecule has 0 aliphatic carbocycles. The molecule has 0 spiro atoms. The summed E-state index contributed by atoms with van der Waals surface area (Å²) in [4.78, 5) is 12.9. The maximum atomic E-state index is 14.3. The van der Waals surface area contributed by atoms with Crippen molar-refractivity contribution in [2.24, 2.45) is 0 Å². The van der Waals surface area contributed by atoms with Crippen LogP contribution in [0.1, 0.15) is 13.3 Å². The number of carbonyl (C=O) groups excluding carboxylic acids is 1. The zero-order valence-corrected chi connectivity index (χ0v) is 17.4. The number of benzene rings is 2. The third-order valence-corrected chi connectivity index (χ3v) is 6.15. The Balaban J connectivity index is 1.88. The van der Waals surface area contributed by atoms with Gasteiger partial charge in [-0.25, -0.2) is 12.8 Å². The number of anilines is 2. The highest BCUT2D eigenvalue weighted by molar-refractivity contribution is 7.92. The van der Waals surface area contributed by atoms with E-state index in [-0.39, 0.29) is 17.2 Å². The second-order valence-electron chi connectivity index (χ2n) is 6.20. The summed E-state index contributed by atoms with van der Waals surface area (Å²) >= 11 is 1.16. The van der Waals surface area contributed by atoms with E-state index < -0.39 is 27.8 Å². The van der Waals surface area contributed by atoms with Gasteiger partial charge in [0.25, 0.3) is 0 Å². The molecule has 1 amide bonds. The van der Waals surface area contributed by atoms with E-state index in [2.05, 4.69) is 15.5 Å². The van der Waals surface area contributed by atoms with E-state index in [0.717, 1.165) is 33.5 Å². The van der Waals surface area contributed by atoms with Gasteiger partial charge in [0, 0.05) is 5.56 Å². The first kappa shape index (κ1) is 20.9. The van der Waals surface area contributed by atoms with Crippen molar-refractivity contribution in [3.63, 3.8) is 0 Å². The quantitative estimate of drug-likeness (QED) is 0.614. The Morgan fingerprint density at radius 1 is 1.14 bits per heavy atom. The molecule has 1 atom stereocenters. The van der Waals surface area contributed by atoms with Gasteiger partial charge in [-0.1, -0.05) is 60.7 Å². The van der Waals surface area contributed by atoms with Gasteiger partial charge in [0.15, 0.2) is 0 Å². The molecule has 7 nitrogen and oxygen atoms in total. The molecular weight excluding hydrogens is 415 g/mol. The van der Waals surface area contributed by atoms with Gasteiger partial charge in [-0.15, -0.1) is 10.2 Å². The molecule has 0 saturated heterocycles. The fourth-order valence-corrected chi connectivity index (χ4v) is 4.79. The predicted molar refractivity (Wildman–Crippen MR) is 112 cm³/mol. The second-order valence-corrected chi connectivity index (χ2v) is 9.04. The molecule has 0 aliphatic rings. The van der Waals surface area contributed by atoms with Crippen molar-refractivity contribution in [1.82, 2.24) is 10.2 Å². The summed E-state index contributed by atoms with van der Waals surface area (Å²) in [6, 6.07) is 13.6. The van der Waals surface area contributed by atoms with Crippen LogP contribution in [0, 0.1) is 5.82 Å². The van der Waals surface area contributed by atoms with E-state index in [4.69, 9.17) is 0 Å². The van der Waals surface area contributed by atoms with Crippen molar-refractivity contribution >= 4 is 38.1 Å². The summed E-state index contributed by atoms with van der Waals surface area (Å²) in [5, 5.41) is 11.5. The molecule has 152 valence electrons. The number of amides is 1. The Morgan fingerprint density at radius 2 is 1.79 bits per heavy atom. The van der Waals surface area contributed by atoms with Crippen molar-refractivity contribution in [2.75, 3.05) is 15.9 Å². The van der Waals surface area contributed by atoms with Crippen molar-refractivity contribution in [1.29, 1.82) is 0 Å². The molecule has 1 aromatic heterocycles. The molecule has 1 heterocycles. The molecule has 0 aliphatic heterocycles. The van der Waals surface area contributed by atoms with E-state index in [1.54, 1.807) is 6.92 Å². The second kappa shape index (κ2) is 8.66. The summed E-state index contributed by atoms with van der Waals surface area (Å²) < 4.78 is 39.9. The molecule has 29 heavy (non-hydrogen) atoms. The van der Waals surface area contributed by atoms with Gasteiger partial charge in [-0.2, -0.15) is 0 Å². The first-order chi connectivity index (χ1) is 13.8. The Bertz CT molecular complexity index is 1100. The van der Waals surface area contributed by atoms with Gasteiger partial charge >= 0.3 is 0 Å². The molecule has 0 radical (unpaired) electrons. The van der Waals surface area contributed by atoms with E-state index in [1.165, 1.54) is 18.2 Å². The number of nitrogens with one attached hydrogen (secondary N) is 1. The van der Waals surface area contributed by atoms with Crippen LogP contribution in [0.4, 0.5) is 15.2 Å². The highest BCUT2D eigenvalue weighted by Gasteiger charge is 2.33. The summed E-state index contributed by atoms with van der Waals surface area (Å²) in [6.45, 7) is 1.65. The summed E-state index contributed by atoms with van der Waals surface area (Å²) in [5.74, 6) is -1.34. The third kappa shape index (κ3) is 4.77. The van der Waals surface area contributed by atoms with Gasteiger partial charge in [0.05, 0.1) is 11.9 Å². The molecule has 3 rings (SSSR count). The smallest absolute Gasteiger partial charge is 0.250 e. The van der Waals surface area contributed by atoms with Crippen LogP contribution in [0.25, 0.3) is 10.6 Å². The first-order valence-electron chi connectivity index (χ1n) is 8.75. The van der Waals surface area contributed by atoms with Gasteiger partial charge in [0.2, 0.25) is 21.1 Å². The minimum Gasteiger partial charge on any atom is -0.299 e. The topological polar surface area (TPSA) is 92.3 Å². The van der Waals surface area contributed by atoms with Crippen LogP contribution in [0.5, 0.6) is 0 Å². The fourth-order valence-electron chi connectivity index (χ4n) is 2.83. The maximum Gasteiger partial charge on any atom is 0.250 e. The average molecular weight is 435 g/mol. The normalized spacial score (nSPS) is 12.4. The fraction of sp³-hybridized carbons (Fsp3) is 0.211. The van der Waals surface area contributed by atoms with Gasteiger partial charge in [-0.05, 0) is 18.6 Å². The van der Waals surface area contributed by atoms with Crippen LogP contribution < -0.4 is 9.62 Å². The standard InChI is InChI=1S/C19H19FN4O3S2/c1-3-15(24(29(2,26)27)16-12-8-7-11-14(16)20)17(25)21-19-23-22-18(28-19)13-9-5-4-6-10-13/h4-12,15H,3H2,1-2H3,(H,21,23,25)/t15-/m0/s1. The molecule has 1 N–H and O–H groups in total. The number of hydrogen-bond donors (Lipinski definition) is 1. The van der Waals surface area contributed by atoms with Crippen molar-refractivity contribution in [3.05, 3.63) is 60.4 Å². The maximum absolute atomic E-state index is 14.3. The number of sulfonamides is 1. The van der Waals surface area contributed by atoms with Crippen molar-refractivity contribution < 1.29 is 17.6 Å². The van der Waals surface area contributed by atoms with E-state index in [0.29, 0.717) is 5.01 Å². The molecule has 0 fully saturated rings. The lowest BCUT2D eigenvalue weighted by atomic mass is 10.2. The minimum atomic E-state index is -3.93. The SMILES string of the molecule is CC[C@@H](C(=O)Nc1nnc(-c2ccccc2)s1)N(c1ccccc1F)S(C)(=O)=O. The molecular formula is C19H19FN4O3S2. The lowest BCUT2D eigenvalue weighted by Crippen LogP contribution is -2.47. The Kier molecular flexibility index (Phi) is 6.23. The Hall–Kier alpha value is -2.85. The number of carbonyl (C=O) groups is 1. The molecule has 0 bridgehead atoms. The highest BCUT2D eigenvalue weighted by atomic mass is 32.2. The highest BCUT2D eigenvalue weighted by Crippen LogP contribution is 2.28. The number of nitrogens with zero attached hydrogens (tertiary/aromatic N) is 3. The summed E-state index contributed by atoms with van der Waals surface area (Å²) in [5.41, 5.74) is 0.667. The van der Waals surface area contributed by atoms with Crippen LogP contribution in [-0.4, -0.2) is 36.8 Å². The van der Waals surface area contributed by atoms with Crippen LogP contribution in [0.3, 0.4) is 0 Å². The van der Waals surface area contributed by atoms with Crippen LogP contribution >= 0.6 is 11.3 Å². The molecule has 0 saturated carbocycles. The molecule has 3 aromatic rings.